The number of aliphatic hydroxyl groups is 1. The van der Waals surface area contributed by atoms with Gasteiger partial charge in [0.05, 0.1) is 13.7 Å². The SMILES string of the molecule is COc1ccc(NCC(O)COc2ccc(C(C)(C)c3ccc(OCC4CO4)cc3)cc2)cc1. The van der Waals surface area contributed by atoms with Crippen molar-refractivity contribution in [2.24, 2.45) is 0 Å². The first-order valence-electron chi connectivity index (χ1n) is 11.6. The molecule has 0 saturated carbocycles. The van der Waals surface area contributed by atoms with Gasteiger partial charge in [-0.3, -0.25) is 0 Å². The van der Waals surface area contributed by atoms with Crippen LogP contribution in [0.3, 0.4) is 0 Å². The largest absolute Gasteiger partial charge is 0.497 e. The van der Waals surface area contributed by atoms with E-state index in [2.05, 4.69) is 43.4 Å². The Balaban J connectivity index is 1.26. The Bertz CT molecular complexity index is 1030. The summed E-state index contributed by atoms with van der Waals surface area (Å²) in [5, 5.41) is 13.5. The quantitative estimate of drug-likeness (QED) is 0.381. The van der Waals surface area contributed by atoms with Crippen molar-refractivity contribution >= 4 is 5.69 Å². The molecule has 4 rings (SSSR count). The minimum Gasteiger partial charge on any atom is -0.497 e. The van der Waals surface area contributed by atoms with Crippen LogP contribution >= 0.6 is 0 Å². The molecule has 180 valence electrons. The lowest BCUT2D eigenvalue weighted by Gasteiger charge is -2.26. The zero-order valence-corrected chi connectivity index (χ0v) is 20.0. The van der Waals surface area contributed by atoms with E-state index < -0.39 is 6.10 Å². The van der Waals surface area contributed by atoms with Crippen LogP contribution in [-0.4, -0.2) is 50.8 Å². The number of methoxy groups -OCH3 is 1. The monoisotopic (exact) mass is 463 g/mol. The van der Waals surface area contributed by atoms with E-state index in [4.69, 9.17) is 18.9 Å². The highest BCUT2D eigenvalue weighted by Crippen LogP contribution is 2.33. The van der Waals surface area contributed by atoms with Gasteiger partial charge >= 0.3 is 0 Å². The number of aliphatic hydroxyl groups excluding tert-OH is 1. The molecule has 0 aliphatic carbocycles. The molecule has 1 saturated heterocycles. The second kappa shape index (κ2) is 10.8. The van der Waals surface area contributed by atoms with Crippen LogP contribution in [0.2, 0.25) is 0 Å². The third kappa shape index (κ3) is 6.43. The van der Waals surface area contributed by atoms with Crippen LogP contribution in [0.4, 0.5) is 5.69 Å². The van der Waals surface area contributed by atoms with Crippen molar-refractivity contribution in [2.75, 3.05) is 38.8 Å². The number of anilines is 1. The molecular formula is C28H33NO5. The number of benzene rings is 3. The highest BCUT2D eigenvalue weighted by atomic mass is 16.6. The first-order valence-corrected chi connectivity index (χ1v) is 11.6. The fourth-order valence-corrected chi connectivity index (χ4v) is 3.65. The average Bonchev–Trinajstić information content (AvgIpc) is 3.70. The molecule has 0 radical (unpaired) electrons. The van der Waals surface area contributed by atoms with Crippen molar-refractivity contribution in [1.29, 1.82) is 0 Å². The zero-order chi connectivity index (χ0) is 24.0. The smallest absolute Gasteiger partial charge is 0.119 e. The lowest BCUT2D eigenvalue weighted by Crippen LogP contribution is -2.26. The van der Waals surface area contributed by atoms with Crippen LogP contribution in [-0.2, 0) is 10.2 Å². The molecule has 0 spiro atoms. The summed E-state index contributed by atoms with van der Waals surface area (Å²) >= 11 is 0. The molecule has 0 bridgehead atoms. The average molecular weight is 464 g/mol. The summed E-state index contributed by atoms with van der Waals surface area (Å²) < 4.78 is 21.9. The van der Waals surface area contributed by atoms with E-state index >= 15 is 0 Å². The number of ether oxygens (including phenoxy) is 4. The minimum absolute atomic E-state index is 0.168. The third-order valence-corrected chi connectivity index (χ3v) is 6.06. The zero-order valence-electron chi connectivity index (χ0n) is 20.0. The number of hydrogen-bond acceptors (Lipinski definition) is 6. The summed E-state index contributed by atoms with van der Waals surface area (Å²) in [6.07, 6.45) is -0.381. The topological polar surface area (TPSA) is 72.5 Å². The van der Waals surface area contributed by atoms with E-state index in [1.54, 1.807) is 7.11 Å². The molecule has 2 atom stereocenters. The van der Waals surface area contributed by atoms with E-state index in [-0.39, 0.29) is 18.1 Å². The van der Waals surface area contributed by atoms with Crippen LogP contribution < -0.4 is 19.5 Å². The number of hydrogen-bond donors (Lipinski definition) is 2. The standard InChI is InChI=1S/C28H33NO5/c1-28(2,21-6-12-26(13-7-21)33-18-27-19-34-27)20-4-10-25(11-5-20)32-17-23(30)16-29-22-8-14-24(31-3)15-9-22/h4-15,23,27,29-30H,16-19H2,1-3H3. The van der Waals surface area contributed by atoms with E-state index in [0.717, 1.165) is 29.5 Å². The summed E-state index contributed by atoms with van der Waals surface area (Å²) in [6.45, 7) is 6.40. The number of epoxide rings is 1. The second-order valence-electron chi connectivity index (χ2n) is 9.01. The molecule has 2 N–H and O–H groups in total. The minimum atomic E-state index is -0.634. The Kier molecular flexibility index (Phi) is 7.60. The molecule has 1 aliphatic heterocycles. The third-order valence-electron chi connectivity index (χ3n) is 6.06. The first kappa shape index (κ1) is 23.9. The maximum Gasteiger partial charge on any atom is 0.119 e. The molecule has 0 aromatic heterocycles. The van der Waals surface area contributed by atoms with E-state index in [0.29, 0.717) is 13.2 Å². The first-order chi connectivity index (χ1) is 16.4. The van der Waals surface area contributed by atoms with Crippen molar-refractivity contribution in [3.05, 3.63) is 83.9 Å². The molecule has 6 nitrogen and oxygen atoms in total. The molecule has 1 fully saturated rings. The number of nitrogens with one attached hydrogen (secondary N) is 1. The van der Waals surface area contributed by atoms with Gasteiger partial charge in [-0.1, -0.05) is 38.1 Å². The van der Waals surface area contributed by atoms with Gasteiger partial charge in [-0.2, -0.15) is 0 Å². The Morgan fingerprint density at radius 2 is 1.41 bits per heavy atom. The molecule has 34 heavy (non-hydrogen) atoms. The van der Waals surface area contributed by atoms with Gasteiger partial charge in [-0.05, 0) is 59.7 Å². The lowest BCUT2D eigenvalue weighted by molar-refractivity contribution is 0.117. The molecule has 3 aromatic rings. The van der Waals surface area contributed by atoms with Gasteiger partial charge < -0.3 is 29.4 Å². The molecule has 2 unspecified atom stereocenters. The summed E-state index contributed by atoms with van der Waals surface area (Å²) in [5.74, 6) is 2.39. The van der Waals surface area contributed by atoms with Crippen LogP contribution in [0.25, 0.3) is 0 Å². The van der Waals surface area contributed by atoms with Crippen LogP contribution in [0.1, 0.15) is 25.0 Å². The van der Waals surface area contributed by atoms with E-state index in [1.165, 1.54) is 11.1 Å². The Morgan fingerprint density at radius 1 is 0.882 bits per heavy atom. The molecule has 6 heteroatoms. The lowest BCUT2D eigenvalue weighted by atomic mass is 9.78. The van der Waals surface area contributed by atoms with Gasteiger partial charge in [0.25, 0.3) is 0 Å². The summed E-state index contributed by atoms with van der Waals surface area (Å²) in [6, 6.07) is 23.9. The van der Waals surface area contributed by atoms with E-state index in [1.807, 2.05) is 48.5 Å². The summed E-state index contributed by atoms with van der Waals surface area (Å²) in [5.41, 5.74) is 3.14. The Labute approximate surface area is 201 Å². The van der Waals surface area contributed by atoms with Gasteiger partial charge in [0.2, 0.25) is 0 Å². The van der Waals surface area contributed by atoms with Crippen LogP contribution in [0.15, 0.2) is 72.8 Å². The molecular weight excluding hydrogens is 430 g/mol. The predicted molar refractivity (Wildman–Crippen MR) is 133 cm³/mol. The maximum absolute atomic E-state index is 10.3. The highest BCUT2D eigenvalue weighted by Gasteiger charge is 2.25. The highest BCUT2D eigenvalue weighted by molar-refractivity contribution is 5.46. The normalized spacial score (nSPS) is 15.9. The van der Waals surface area contributed by atoms with Gasteiger partial charge in [-0.25, -0.2) is 0 Å². The molecule has 3 aromatic carbocycles. The van der Waals surface area contributed by atoms with E-state index in [9.17, 15) is 5.11 Å². The molecule has 0 amide bonds. The fraction of sp³-hybridized carbons (Fsp3) is 0.357. The molecule has 1 aliphatic rings. The predicted octanol–water partition coefficient (Wildman–Crippen LogP) is 4.65. The van der Waals surface area contributed by atoms with Crippen molar-refractivity contribution in [1.82, 2.24) is 0 Å². The second-order valence-corrected chi connectivity index (χ2v) is 9.01. The van der Waals surface area contributed by atoms with Gasteiger partial charge in [0.1, 0.15) is 42.7 Å². The number of rotatable bonds is 12. The van der Waals surface area contributed by atoms with Crippen molar-refractivity contribution in [2.45, 2.75) is 31.5 Å². The summed E-state index contributed by atoms with van der Waals surface area (Å²) in [4.78, 5) is 0. The van der Waals surface area contributed by atoms with Crippen molar-refractivity contribution in [3.63, 3.8) is 0 Å². The molecule has 1 heterocycles. The van der Waals surface area contributed by atoms with Gasteiger partial charge in [-0.15, -0.1) is 0 Å². The summed E-state index contributed by atoms with van der Waals surface area (Å²) in [7, 11) is 1.64. The fourth-order valence-electron chi connectivity index (χ4n) is 3.65. The Hall–Kier alpha value is -3.22. The van der Waals surface area contributed by atoms with Gasteiger partial charge in [0, 0.05) is 17.6 Å². The van der Waals surface area contributed by atoms with Crippen molar-refractivity contribution < 1.29 is 24.1 Å². The van der Waals surface area contributed by atoms with Gasteiger partial charge in [0.15, 0.2) is 0 Å². The van der Waals surface area contributed by atoms with Crippen molar-refractivity contribution in [3.8, 4) is 17.2 Å². The Morgan fingerprint density at radius 3 is 1.94 bits per heavy atom. The maximum atomic E-state index is 10.3. The van der Waals surface area contributed by atoms with Crippen LogP contribution in [0.5, 0.6) is 17.2 Å². The van der Waals surface area contributed by atoms with Crippen LogP contribution in [0, 0.1) is 0 Å².